The van der Waals surface area contributed by atoms with Crippen molar-refractivity contribution in [3.8, 4) is 0 Å². The molecule has 1 unspecified atom stereocenters. The van der Waals surface area contributed by atoms with Crippen molar-refractivity contribution in [3.05, 3.63) is 35.4 Å². The zero-order chi connectivity index (χ0) is 15.5. The predicted molar refractivity (Wildman–Crippen MR) is 88.5 cm³/mol. The van der Waals surface area contributed by atoms with E-state index in [9.17, 15) is 5.11 Å². The first-order chi connectivity index (χ1) is 9.94. The van der Waals surface area contributed by atoms with Crippen LogP contribution in [-0.4, -0.2) is 54.7 Å². The van der Waals surface area contributed by atoms with Crippen LogP contribution in [0.3, 0.4) is 0 Å². The lowest BCUT2D eigenvalue weighted by molar-refractivity contribution is 0.0238. The van der Waals surface area contributed by atoms with Crippen molar-refractivity contribution in [3.63, 3.8) is 0 Å². The first-order valence-corrected chi connectivity index (χ1v) is 8.04. The summed E-state index contributed by atoms with van der Waals surface area (Å²) in [6.45, 7) is 4.10. The van der Waals surface area contributed by atoms with Crippen LogP contribution >= 0.6 is 0 Å². The zero-order valence-corrected chi connectivity index (χ0v) is 14.0. The van der Waals surface area contributed by atoms with Gasteiger partial charge >= 0.3 is 0 Å². The molecule has 21 heavy (non-hydrogen) atoms. The number of hydrogen-bond donors (Lipinski definition) is 1. The summed E-state index contributed by atoms with van der Waals surface area (Å²) in [5.41, 5.74) is 2.61. The molecular weight excluding hydrogens is 260 g/mol. The lowest BCUT2D eigenvalue weighted by Crippen LogP contribution is -2.56. The van der Waals surface area contributed by atoms with Crippen LogP contribution in [-0.2, 0) is 0 Å². The fourth-order valence-corrected chi connectivity index (χ4v) is 3.37. The van der Waals surface area contributed by atoms with E-state index in [0.717, 1.165) is 25.1 Å². The summed E-state index contributed by atoms with van der Waals surface area (Å²) in [5, 5.41) is 10.4. The second-order valence-electron chi connectivity index (χ2n) is 6.87. The van der Waals surface area contributed by atoms with E-state index in [4.69, 9.17) is 0 Å². The first kappa shape index (κ1) is 16.5. The Morgan fingerprint density at radius 3 is 2.38 bits per heavy atom. The van der Waals surface area contributed by atoms with Crippen molar-refractivity contribution >= 4 is 0 Å². The molecule has 0 aromatic heterocycles. The van der Waals surface area contributed by atoms with E-state index in [2.05, 4.69) is 43.9 Å². The molecule has 2 rings (SSSR count). The Hall–Kier alpha value is -0.900. The highest BCUT2D eigenvalue weighted by atomic mass is 16.3. The van der Waals surface area contributed by atoms with Gasteiger partial charge in [0.15, 0.2) is 0 Å². The van der Waals surface area contributed by atoms with Crippen molar-refractivity contribution in [2.45, 2.75) is 44.2 Å². The molecule has 0 radical (unpaired) electrons. The Balaban J connectivity index is 1.84. The van der Waals surface area contributed by atoms with E-state index >= 15 is 0 Å². The van der Waals surface area contributed by atoms with Gasteiger partial charge in [-0.1, -0.05) is 24.3 Å². The van der Waals surface area contributed by atoms with Gasteiger partial charge in [-0.15, -0.1) is 0 Å². The number of aliphatic hydroxyl groups is 1. The molecule has 3 heteroatoms. The van der Waals surface area contributed by atoms with Crippen LogP contribution in [0, 0.1) is 6.92 Å². The van der Waals surface area contributed by atoms with Crippen molar-refractivity contribution < 1.29 is 5.11 Å². The van der Waals surface area contributed by atoms with Crippen LogP contribution in [0.1, 0.15) is 42.9 Å². The monoisotopic (exact) mass is 290 g/mol. The summed E-state index contributed by atoms with van der Waals surface area (Å²) >= 11 is 0. The van der Waals surface area contributed by atoms with E-state index < -0.39 is 0 Å². The first-order valence-electron chi connectivity index (χ1n) is 8.04. The Kier molecular flexibility index (Phi) is 5.42. The largest absolute Gasteiger partial charge is 0.388 e. The number of aryl methyl sites for hydroxylation is 1. The van der Waals surface area contributed by atoms with Gasteiger partial charge in [0.25, 0.3) is 0 Å². The smallest absolute Gasteiger partial charge is 0.0804 e. The SMILES string of the molecule is Cc1ccccc1C(O)CCN(C)CC1(N(C)C)CCC1. The minimum Gasteiger partial charge on any atom is -0.388 e. The fourth-order valence-electron chi connectivity index (χ4n) is 3.37. The average Bonchev–Trinajstić information content (AvgIpc) is 2.40. The van der Waals surface area contributed by atoms with Crippen molar-refractivity contribution in [2.75, 3.05) is 34.2 Å². The molecule has 1 N–H and O–H groups in total. The molecule has 118 valence electrons. The third kappa shape index (κ3) is 3.85. The maximum Gasteiger partial charge on any atom is 0.0804 e. The predicted octanol–water partition coefficient (Wildman–Crippen LogP) is 2.83. The van der Waals surface area contributed by atoms with Crippen LogP contribution in [0.15, 0.2) is 24.3 Å². The van der Waals surface area contributed by atoms with E-state index in [1.807, 2.05) is 18.2 Å². The third-order valence-electron chi connectivity index (χ3n) is 5.13. The molecule has 0 heterocycles. The number of likely N-dealkylation sites (N-methyl/N-ethyl adjacent to an activating group) is 2. The zero-order valence-electron chi connectivity index (χ0n) is 14.0. The molecular formula is C18H30N2O. The highest BCUT2D eigenvalue weighted by molar-refractivity contribution is 5.27. The lowest BCUT2D eigenvalue weighted by Gasteiger charge is -2.49. The molecule has 0 saturated heterocycles. The molecule has 3 nitrogen and oxygen atoms in total. The van der Waals surface area contributed by atoms with E-state index in [0.29, 0.717) is 5.54 Å². The van der Waals surface area contributed by atoms with Crippen molar-refractivity contribution in [1.82, 2.24) is 9.80 Å². The second-order valence-corrected chi connectivity index (χ2v) is 6.87. The lowest BCUT2D eigenvalue weighted by atomic mass is 9.75. The van der Waals surface area contributed by atoms with Gasteiger partial charge in [0, 0.05) is 18.6 Å². The number of benzene rings is 1. The molecule has 1 aliphatic rings. The minimum absolute atomic E-state index is 0.356. The van der Waals surface area contributed by atoms with Gasteiger partial charge in [0.1, 0.15) is 0 Å². The van der Waals surface area contributed by atoms with Gasteiger partial charge in [-0.3, -0.25) is 0 Å². The maximum absolute atomic E-state index is 10.4. The quantitative estimate of drug-likeness (QED) is 0.836. The van der Waals surface area contributed by atoms with Crippen LogP contribution in [0.5, 0.6) is 0 Å². The van der Waals surface area contributed by atoms with Gasteiger partial charge < -0.3 is 14.9 Å². The summed E-state index contributed by atoms with van der Waals surface area (Å²) in [6.07, 6.45) is 4.38. The molecule has 0 aliphatic heterocycles. The van der Waals surface area contributed by atoms with Crippen LogP contribution in [0.2, 0.25) is 0 Å². The van der Waals surface area contributed by atoms with Crippen LogP contribution < -0.4 is 0 Å². The molecule has 1 saturated carbocycles. The van der Waals surface area contributed by atoms with Crippen LogP contribution in [0.4, 0.5) is 0 Å². The standard InChI is InChI=1S/C18H30N2O/c1-15-8-5-6-9-16(15)17(21)10-13-20(4)14-18(19(2)3)11-7-12-18/h5-6,8-9,17,21H,7,10-14H2,1-4H3. The van der Waals surface area contributed by atoms with Gasteiger partial charge in [-0.2, -0.15) is 0 Å². The average molecular weight is 290 g/mol. The Morgan fingerprint density at radius 2 is 1.86 bits per heavy atom. The summed E-state index contributed by atoms with van der Waals surface area (Å²) in [5.74, 6) is 0. The number of rotatable bonds is 7. The summed E-state index contributed by atoms with van der Waals surface area (Å²) < 4.78 is 0. The highest BCUT2D eigenvalue weighted by Crippen LogP contribution is 2.36. The molecule has 1 aliphatic carbocycles. The maximum atomic E-state index is 10.4. The summed E-state index contributed by atoms with van der Waals surface area (Å²) in [6, 6.07) is 8.13. The second kappa shape index (κ2) is 6.91. The van der Waals surface area contributed by atoms with Crippen molar-refractivity contribution in [2.24, 2.45) is 0 Å². The summed E-state index contributed by atoms with van der Waals surface area (Å²) in [7, 11) is 6.55. The highest BCUT2D eigenvalue weighted by Gasteiger charge is 2.39. The molecule has 0 bridgehead atoms. The van der Waals surface area contributed by atoms with Gasteiger partial charge in [0.2, 0.25) is 0 Å². The molecule has 1 aromatic rings. The third-order valence-corrected chi connectivity index (χ3v) is 5.13. The molecule has 1 aromatic carbocycles. The number of hydrogen-bond acceptors (Lipinski definition) is 3. The topological polar surface area (TPSA) is 26.7 Å². The summed E-state index contributed by atoms with van der Waals surface area (Å²) in [4.78, 5) is 4.76. The Morgan fingerprint density at radius 1 is 1.19 bits per heavy atom. The molecule has 1 atom stereocenters. The Labute approximate surface area is 129 Å². The van der Waals surface area contributed by atoms with E-state index in [1.54, 1.807) is 0 Å². The van der Waals surface area contributed by atoms with E-state index in [-0.39, 0.29) is 6.10 Å². The molecule has 0 spiro atoms. The van der Waals surface area contributed by atoms with E-state index in [1.165, 1.54) is 24.8 Å². The number of aliphatic hydroxyl groups excluding tert-OH is 1. The Bertz CT molecular complexity index is 454. The van der Waals surface area contributed by atoms with Gasteiger partial charge in [-0.05, 0) is 64.9 Å². The van der Waals surface area contributed by atoms with Crippen LogP contribution in [0.25, 0.3) is 0 Å². The molecule has 1 fully saturated rings. The van der Waals surface area contributed by atoms with Crippen molar-refractivity contribution in [1.29, 1.82) is 0 Å². The minimum atomic E-state index is -0.356. The van der Waals surface area contributed by atoms with Gasteiger partial charge in [-0.25, -0.2) is 0 Å². The number of nitrogens with zero attached hydrogens (tertiary/aromatic N) is 2. The fraction of sp³-hybridized carbons (Fsp3) is 0.667. The van der Waals surface area contributed by atoms with Gasteiger partial charge in [0.05, 0.1) is 6.10 Å². The molecule has 0 amide bonds. The normalized spacial score (nSPS) is 18.8.